The van der Waals surface area contributed by atoms with Crippen LogP contribution in [0.2, 0.25) is 0 Å². The van der Waals surface area contributed by atoms with Gasteiger partial charge in [-0.2, -0.15) is 0 Å². The lowest BCUT2D eigenvalue weighted by Crippen LogP contribution is -2.48. The number of hydrogen-bond donors (Lipinski definition) is 1. The van der Waals surface area contributed by atoms with E-state index < -0.39 is 20.5 Å². The number of nitrogens with zero attached hydrogens (tertiary/aromatic N) is 1. The Morgan fingerprint density at radius 1 is 1.46 bits per heavy atom. The maximum absolute atomic E-state index is 12.7. The zero-order valence-electron chi connectivity index (χ0n) is 14.4. The zero-order chi connectivity index (χ0) is 18.0. The number of nitrogens with two attached hydrogens (primary N) is 1. The van der Waals surface area contributed by atoms with E-state index in [9.17, 15) is 13.2 Å². The summed E-state index contributed by atoms with van der Waals surface area (Å²) in [6.07, 6.45) is 2.36. The minimum absolute atomic E-state index is 0.124. The molecular weight excluding hydrogens is 332 g/mol. The van der Waals surface area contributed by atoms with E-state index in [-0.39, 0.29) is 17.6 Å². The molecule has 0 bridgehead atoms. The molecule has 0 aromatic carbocycles. The van der Waals surface area contributed by atoms with Crippen LogP contribution in [0.25, 0.3) is 0 Å². The van der Waals surface area contributed by atoms with Crippen LogP contribution in [-0.4, -0.2) is 43.2 Å². The molecule has 136 valence electrons. The number of carbonyl (C=O) groups is 1. The number of primary amides is 1. The third kappa shape index (κ3) is 3.80. The van der Waals surface area contributed by atoms with E-state index in [1.54, 1.807) is 0 Å². The molecule has 2 atom stereocenters. The van der Waals surface area contributed by atoms with Gasteiger partial charge >= 0.3 is 0 Å². The average molecular weight is 358 g/mol. The van der Waals surface area contributed by atoms with Crippen molar-refractivity contribution >= 4 is 15.7 Å². The first-order valence-electron chi connectivity index (χ1n) is 8.24. The van der Waals surface area contributed by atoms with Gasteiger partial charge in [-0.15, -0.1) is 0 Å². The van der Waals surface area contributed by atoms with Crippen LogP contribution in [-0.2, 0) is 25.8 Å². The summed E-state index contributed by atoms with van der Waals surface area (Å²) in [5.74, 6) is -0.688. The molecule has 1 aliphatic rings. The predicted octanol–water partition coefficient (Wildman–Crippen LogP) is 1.43. The number of rotatable bonds is 7. The van der Waals surface area contributed by atoms with Gasteiger partial charge in [0.2, 0.25) is 5.91 Å². The summed E-state index contributed by atoms with van der Waals surface area (Å²) >= 11 is 0. The standard InChI is InChI=1S/C16H26N2O5S/c1-4-5-12-8-14(23-18-12)13-9-22-7-6-11(13)10-24(20,21)16(2,3)15(17)19/h8,11,13H,4-7,9-10H2,1-3H3,(H2,17,19). The Balaban J connectivity index is 2.21. The van der Waals surface area contributed by atoms with Crippen molar-refractivity contribution in [2.24, 2.45) is 11.7 Å². The summed E-state index contributed by atoms with van der Waals surface area (Å²) in [5, 5.41) is 4.03. The van der Waals surface area contributed by atoms with E-state index in [0.717, 1.165) is 18.5 Å². The maximum atomic E-state index is 12.7. The molecule has 24 heavy (non-hydrogen) atoms. The molecule has 0 spiro atoms. The Hall–Kier alpha value is -1.41. The second-order valence-corrected chi connectivity index (χ2v) is 9.44. The highest BCUT2D eigenvalue weighted by molar-refractivity contribution is 7.93. The van der Waals surface area contributed by atoms with Gasteiger partial charge in [0, 0.05) is 18.6 Å². The highest BCUT2D eigenvalue weighted by Gasteiger charge is 2.43. The van der Waals surface area contributed by atoms with Gasteiger partial charge in [0.05, 0.1) is 18.1 Å². The lowest BCUT2D eigenvalue weighted by atomic mass is 9.88. The topological polar surface area (TPSA) is 112 Å². The minimum atomic E-state index is -3.70. The maximum Gasteiger partial charge on any atom is 0.238 e. The Kier molecular flexibility index (Phi) is 5.70. The second-order valence-electron chi connectivity index (χ2n) is 6.86. The first kappa shape index (κ1) is 18.9. The van der Waals surface area contributed by atoms with E-state index in [1.165, 1.54) is 13.8 Å². The molecule has 7 nitrogen and oxygen atoms in total. The average Bonchev–Trinajstić information content (AvgIpc) is 2.96. The lowest BCUT2D eigenvalue weighted by molar-refractivity contribution is -0.119. The number of aryl methyl sites for hydroxylation is 1. The number of hydrogen-bond acceptors (Lipinski definition) is 6. The van der Waals surface area contributed by atoms with Crippen molar-refractivity contribution in [3.8, 4) is 0 Å². The van der Waals surface area contributed by atoms with Crippen molar-refractivity contribution in [2.45, 2.75) is 50.7 Å². The van der Waals surface area contributed by atoms with Crippen molar-refractivity contribution in [1.29, 1.82) is 0 Å². The van der Waals surface area contributed by atoms with Crippen molar-refractivity contribution in [1.82, 2.24) is 5.16 Å². The monoisotopic (exact) mass is 358 g/mol. The van der Waals surface area contributed by atoms with Gasteiger partial charge in [-0.3, -0.25) is 4.79 Å². The highest BCUT2D eigenvalue weighted by atomic mass is 32.2. The normalized spacial score (nSPS) is 22.5. The molecular formula is C16H26N2O5S. The summed E-state index contributed by atoms with van der Waals surface area (Å²) < 4.78 is 34.7. The minimum Gasteiger partial charge on any atom is -0.381 e. The third-order valence-electron chi connectivity index (χ3n) is 4.75. The molecule has 1 aromatic rings. The summed E-state index contributed by atoms with van der Waals surface area (Å²) in [4.78, 5) is 11.5. The number of carbonyl (C=O) groups excluding carboxylic acids is 1. The van der Waals surface area contributed by atoms with E-state index in [2.05, 4.69) is 12.1 Å². The smallest absolute Gasteiger partial charge is 0.238 e. The van der Waals surface area contributed by atoms with Gasteiger partial charge < -0.3 is 15.0 Å². The van der Waals surface area contributed by atoms with Crippen LogP contribution in [0.3, 0.4) is 0 Å². The zero-order valence-corrected chi connectivity index (χ0v) is 15.3. The molecule has 2 unspecified atom stereocenters. The molecule has 1 aromatic heterocycles. The van der Waals surface area contributed by atoms with Crippen LogP contribution >= 0.6 is 0 Å². The fraction of sp³-hybridized carbons (Fsp3) is 0.750. The van der Waals surface area contributed by atoms with Crippen molar-refractivity contribution in [3.05, 3.63) is 17.5 Å². The van der Waals surface area contributed by atoms with Crippen LogP contribution in [0.4, 0.5) is 0 Å². The number of amides is 1. The first-order chi connectivity index (χ1) is 11.2. The largest absolute Gasteiger partial charge is 0.381 e. The van der Waals surface area contributed by atoms with E-state index >= 15 is 0 Å². The SMILES string of the molecule is CCCc1cc(C2COCCC2CS(=O)(=O)C(C)(C)C(N)=O)on1. The number of sulfone groups is 1. The van der Waals surface area contributed by atoms with Crippen LogP contribution in [0.5, 0.6) is 0 Å². The molecule has 1 aliphatic heterocycles. The second kappa shape index (κ2) is 7.23. The van der Waals surface area contributed by atoms with Gasteiger partial charge in [0.1, 0.15) is 10.5 Å². The summed E-state index contributed by atoms with van der Waals surface area (Å²) in [6, 6.07) is 1.88. The van der Waals surface area contributed by atoms with E-state index in [4.69, 9.17) is 15.0 Å². The first-order valence-corrected chi connectivity index (χ1v) is 9.89. The fourth-order valence-electron chi connectivity index (χ4n) is 2.82. The van der Waals surface area contributed by atoms with Gasteiger partial charge in [0.15, 0.2) is 9.84 Å². The fourth-order valence-corrected chi connectivity index (χ4v) is 4.50. The van der Waals surface area contributed by atoms with E-state index in [1.807, 2.05) is 6.07 Å². The van der Waals surface area contributed by atoms with Crippen LogP contribution < -0.4 is 5.73 Å². The third-order valence-corrected chi connectivity index (χ3v) is 7.38. The molecule has 1 fully saturated rings. The Labute approximate surface area is 142 Å². The van der Waals surface area contributed by atoms with Gasteiger partial charge in [0.25, 0.3) is 0 Å². The van der Waals surface area contributed by atoms with Crippen molar-refractivity contribution < 1.29 is 22.5 Å². The van der Waals surface area contributed by atoms with Gasteiger partial charge in [-0.1, -0.05) is 18.5 Å². The van der Waals surface area contributed by atoms with Crippen LogP contribution in [0.1, 0.15) is 51.0 Å². The van der Waals surface area contributed by atoms with Crippen molar-refractivity contribution in [2.75, 3.05) is 19.0 Å². The molecule has 2 rings (SSSR count). The summed E-state index contributed by atoms with van der Waals surface area (Å²) in [7, 11) is -3.70. The highest BCUT2D eigenvalue weighted by Crippen LogP contribution is 2.34. The Morgan fingerprint density at radius 2 is 2.17 bits per heavy atom. The summed E-state index contributed by atoms with van der Waals surface area (Å²) in [6.45, 7) is 5.64. The molecule has 0 aliphatic carbocycles. The molecule has 1 saturated heterocycles. The van der Waals surface area contributed by atoms with Crippen molar-refractivity contribution in [3.63, 3.8) is 0 Å². The summed E-state index contributed by atoms with van der Waals surface area (Å²) in [5.41, 5.74) is 6.13. The quantitative estimate of drug-likeness (QED) is 0.789. The van der Waals surface area contributed by atoms with E-state index in [0.29, 0.717) is 25.4 Å². The predicted molar refractivity (Wildman–Crippen MR) is 89.2 cm³/mol. The molecule has 0 radical (unpaired) electrons. The lowest BCUT2D eigenvalue weighted by Gasteiger charge is -2.32. The van der Waals surface area contributed by atoms with Gasteiger partial charge in [-0.25, -0.2) is 8.42 Å². The number of ether oxygens (including phenoxy) is 1. The van der Waals surface area contributed by atoms with Gasteiger partial charge in [-0.05, 0) is 32.6 Å². The molecule has 1 amide bonds. The van der Waals surface area contributed by atoms with Crippen LogP contribution in [0, 0.1) is 5.92 Å². The molecule has 2 N–H and O–H groups in total. The van der Waals surface area contributed by atoms with Crippen LogP contribution in [0.15, 0.2) is 10.6 Å². The molecule has 0 saturated carbocycles. The Morgan fingerprint density at radius 3 is 2.79 bits per heavy atom. The molecule has 2 heterocycles. The molecule has 8 heteroatoms. The Bertz CT molecular complexity index is 680. The number of aromatic nitrogens is 1.